The fourth-order valence-corrected chi connectivity index (χ4v) is 3.72. The zero-order valence-electron chi connectivity index (χ0n) is 19.8. The second-order valence-corrected chi connectivity index (χ2v) is 7.57. The number of aromatic nitrogens is 1. The smallest absolute Gasteiger partial charge is 0.232 e. The first-order valence-corrected chi connectivity index (χ1v) is 9.42. The number of aryl methyl sites for hydroxylation is 2. The molecule has 0 aliphatic rings. The van der Waals surface area contributed by atoms with Crippen molar-refractivity contribution in [2.45, 2.75) is 34.1 Å². The molecule has 3 heteroatoms. The lowest BCUT2D eigenvalue weighted by molar-refractivity contribution is -0.660. The number of hydrogen-bond donors (Lipinski definition) is 0. The van der Waals surface area contributed by atoms with Crippen LogP contribution in [-0.4, -0.2) is 0 Å². The molecule has 2 aromatic carbocycles. The molecule has 0 N–H and O–H groups in total. The molecule has 2 aromatic heterocycles. The van der Waals surface area contributed by atoms with E-state index in [9.17, 15) is 0 Å². The van der Waals surface area contributed by atoms with Crippen LogP contribution in [-0.2, 0) is 13.4 Å². The van der Waals surface area contributed by atoms with E-state index in [0.717, 1.165) is 33.2 Å². The molecular formula is C25H25N2O+. The minimum atomic E-state index is -1.57. The van der Waals surface area contributed by atoms with Crippen molar-refractivity contribution in [3.05, 3.63) is 70.7 Å². The van der Waals surface area contributed by atoms with Crippen molar-refractivity contribution >= 4 is 27.6 Å². The van der Waals surface area contributed by atoms with Crippen molar-refractivity contribution in [3.63, 3.8) is 0 Å². The minimum absolute atomic E-state index is 0.224. The fourth-order valence-electron chi connectivity index (χ4n) is 3.72. The molecule has 0 bridgehead atoms. The van der Waals surface area contributed by atoms with E-state index in [2.05, 4.69) is 4.85 Å². The summed E-state index contributed by atoms with van der Waals surface area (Å²) in [5.74, 6) is -0.236. The van der Waals surface area contributed by atoms with E-state index >= 15 is 0 Å². The van der Waals surface area contributed by atoms with E-state index in [1.54, 1.807) is 10.6 Å². The first-order chi connectivity index (χ1) is 14.6. The van der Waals surface area contributed by atoms with E-state index in [1.165, 1.54) is 0 Å². The van der Waals surface area contributed by atoms with Crippen LogP contribution in [0.3, 0.4) is 0 Å². The quantitative estimate of drug-likeness (QED) is 0.299. The van der Waals surface area contributed by atoms with Crippen LogP contribution in [0.5, 0.6) is 0 Å². The van der Waals surface area contributed by atoms with Crippen molar-refractivity contribution in [2.24, 2.45) is 13.0 Å². The van der Waals surface area contributed by atoms with Gasteiger partial charge >= 0.3 is 0 Å². The van der Waals surface area contributed by atoms with Crippen LogP contribution >= 0.6 is 0 Å². The number of nitrogens with zero attached hydrogens (tertiary/aromatic N) is 2. The van der Waals surface area contributed by atoms with Crippen LogP contribution in [0.2, 0.25) is 0 Å². The highest BCUT2D eigenvalue weighted by atomic mass is 16.3. The second kappa shape index (κ2) is 6.80. The molecule has 0 saturated heterocycles. The number of hydrogen-bond acceptors (Lipinski definition) is 1. The van der Waals surface area contributed by atoms with Crippen LogP contribution in [0.4, 0.5) is 5.69 Å². The van der Waals surface area contributed by atoms with Crippen LogP contribution in [0, 0.1) is 26.3 Å². The van der Waals surface area contributed by atoms with Gasteiger partial charge in [-0.25, -0.2) is 9.41 Å². The fraction of sp³-hybridized carbons (Fsp3) is 0.280. The van der Waals surface area contributed by atoms with Gasteiger partial charge in [0.2, 0.25) is 11.4 Å². The van der Waals surface area contributed by atoms with Gasteiger partial charge in [0.25, 0.3) is 0 Å². The molecule has 0 fully saturated rings. The molecule has 2 heterocycles. The Balaban J connectivity index is 2.12. The standard InChI is InChI=1S/C25H25N2O/c1-15(2)13-18-11-12-27(6)21(14-18)22-16(3)7-9-19-20-10-8-17(4)23(26-5)25(20)28-24(19)22/h7-12,14-15H,13H2,1-4,6H3/q+1/i12D,13D2. The highest BCUT2D eigenvalue weighted by Crippen LogP contribution is 2.41. The Morgan fingerprint density at radius 2 is 1.79 bits per heavy atom. The molecule has 0 aliphatic carbocycles. The van der Waals surface area contributed by atoms with E-state index in [4.69, 9.17) is 15.1 Å². The topological polar surface area (TPSA) is 21.4 Å². The summed E-state index contributed by atoms with van der Waals surface area (Å²) in [6.45, 7) is 15.2. The summed E-state index contributed by atoms with van der Waals surface area (Å²) in [5.41, 5.74) is 5.58. The summed E-state index contributed by atoms with van der Waals surface area (Å²) in [4.78, 5) is 3.69. The summed E-state index contributed by atoms with van der Waals surface area (Å²) >= 11 is 0. The number of furan rings is 1. The summed E-state index contributed by atoms with van der Waals surface area (Å²) in [6, 6.07) is 11.4. The molecule has 0 amide bonds. The van der Waals surface area contributed by atoms with Crippen LogP contribution in [0.15, 0.2) is 47.0 Å². The number of rotatable bonds is 3. The van der Waals surface area contributed by atoms with E-state index < -0.39 is 6.37 Å². The average Bonchev–Trinajstić information content (AvgIpc) is 3.08. The number of pyridine rings is 1. The predicted molar refractivity (Wildman–Crippen MR) is 115 cm³/mol. The molecule has 0 aliphatic heterocycles. The zero-order valence-corrected chi connectivity index (χ0v) is 16.8. The SMILES string of the molecule is [2H]c1cc(C([2H])([2H])C(C)C)cc(-c2c(C)ccc3c2oc2c([N+]#[C-])c(C)ccc23)[n+]1C. The summed E-state index contributed by atoms with van der Waals surface area (Å²) < 4.78 is 33.6. The monoisotopic (exact) mass is 372 g/mol. The highest BCUT2D eigenvalue weighted by Gasteiger charge is 2.22. The van der Waals surface area contributed by atoms with Crippen molar-refractivity contribution < 1.29 is 13.1 Å². The van der Waals surface area contributed by atoms with Crippen molar-refractivity contribution in [1.29, 1.82) is 0 Å². The van der Waals surface area contributed by atoms with Gasteiger partial charge in [0, 0.05) is 25.6 Å². The van der Waals surface area contributed by atoms with Gasteiger partial charge in [-0.2, -0.15) is 0 Å². The predicted octanol–water partition coefficient (Wildman–Crippen LogP) is 6.44. The third-order valence-electron chi connectivity index (χ3n) is 5.08. The van der Waals surface area contributed by atoms with Crippen molar-refractivity contribution in [3.8, 4) is 11.3 Å². The molecule has 3 nitrogen and oxygen atoms in total. The maximum Gasteiger partial charge on any atom is 0.232 e. The van der Waals surface area contributed by atoms with Crippen LogP contribution in [0.25, 0.3) is 38.0 Å². The maximum atomic E-state index is 8.55. The number of fused-ring (bicyclic) bond motifs is 3. The average molecular weight is 373 g/mol. The second-order valence-electron chi connectivity index (χ2n) is 7.57. The van der Waals surface area contributed by atoms with Gasteiger partial charge in [-0.05, 0) is 42.8 Å². The normalized spacial score (nSPS) is 13.5. The molecule has 0 atom stereocenters. The van der Waals surface area contributed by atoms with Crippen molar-refractivity contribution in [2.75, 3.05) is 0 Å². The number of benzene rings is 2. The maximum absolute atomic E-state index is 8.55. The van der Waals surface area contributed by atoms with Gasteiger partial charge in [-0.3, -0.25) is 0 Å². The van der Waals surface area contributed by atoms with Gasteiger partial charge in [-0.1, -0.05) is 38.1 Å². The lowest BCUT2D eigenvalue weighted by Crippen LogP contribution is -2.31. The molecule has 140 valence electrons. The van der Waals surface area contributed by atoms with Gasteiger partial charge < -0.3 is 4.42 Å². The molecule has 4 rings (SSSR count). The Morgan fingerprint density at radius 1 is 1.11 bits per heavy atom. The Labute approximate surface area is 170 Å². The molecule has 28 heavy (non-hydrogen) atoms. The zero-order chi connectivity index (χ0) is 22.7. The van der Waals surface area contributed by atoms with Gasteiger partial charge in [0.05, 0.1) is 12.1 Å². The summed E-state index contributed by atoms with van der Waals surface area (Å²) in [5, 5.41) is 1.79. The highest BCUT2D eigenvalue weighted by molar-refractivity contribution is 6.13. The molecule has 0 radical (unpaired) electrons. The van der Waals surface area contributed by atoms with E-state index in [0.29, 0.717) is 22.4 Å². The van der Waals surface area contributed by atoms with E-state index in [-0.39, 0.29) is 12.1 Å². The largest absolute Gasteiger partial charge is 0.466 e. The third kappa shape index (κ3) is 2.86. The Bertz CT molecular complexity index is 1390. The lowest BCUT2D eigenvalue weighted by atomic mass is 9.97. The van der Waals surface area contributed by atoms with Crippen LogP contribution < -0.4 is 4.57 Å². The minimum Gasteiger partial charge on any atom is -0.466 e. The summed E-state index contributed by atoms with van der Waals surface area (Å²) in [6.07, 6.45) is -1.34. The van der Waals surface area contributed by atoms with Crippen LogP contribution in [0.1, 0.15) is 34.7 Å². The Hall–Kier alpha value is -3.12. The summed E-state index contributed by atoms with van der Waals surface area (Å²) in [7, 11) is 1.81. The van der Waals surface area contributed by atoms with Crippen molar-refractivity contribution in [1.82, 2.24) is 0 Å². The first kappa shape index (κ1) is 14.9. The molecule has 0 saturated carbocycles. The lowest BCUT2D eigenvalue weighted by Gasteiger charge is -2.09. The van der Waals surface area contributed by atoms with Gasteiger partial charge in [0.1, 0.15) is 19.6 Å². The van der Waals surface area contributed by atoms with Gasteiger partial charge in [0.15, 0.2) is 6.17 Å². The molecule has 4 aromatic rings. The Morgan fingerprint density at radius 3 is 2.46 bits per heavy atom. The molecule has 0 spiro atoms. The van der Waals surface area contributed by atoms with E-state index in [1.807, 2.05) is 65.1 Å². The Kier molecular flexibility index (Phi) is 3.61. The third-order valence-corrected chi connectivity index (χ3v) is 5.08. The van der Waals surface area contributed by atoms with Gasteiger partial charge in [-0.15, -0.1) is 0 Å². The molecular weight excluding hydrogens is 344 g/mol. The first-order valence-electron chi connectivity index (χ1n) is 10.9. The molecule has 0 unspecified atom stereocenters.